The Balaban J connectivity index is 2.58. The van der Waals surface area contributed by atoms with Gasteiger partial charge in [0, 0.05) is 11.7 Å². The molecule has 0 fully saturated rings. The molecule has 0 aliphatic heterocycles. The highest BCUT2D eigenvalue weighted by molar-refractivity contribution is 5.92. The zero-order valence-electron chi connectivity index (χ0n) is 7.66. The van der Waals surface area contributed by atoms with E-state index >= 15 is 0 Å². The molecule has 1 aromatic rings. The summed E-state index contributed by atoms with van der Waals surface area (Å²) < 4.78 is 0. The normalized spacial score (nSPS) is 12.5. The first-order valence-electron chi connectivity index (χ1n) is 4.07. The lowest BCUT2D eigenvalue weighted by Gasteiger charge is -2.08. The van der Waals surface area contributed by atoms with E-state index in [0.717, 1.165) is 5.69 Å². The molecule has 1 rings (SSSR count). The summed E-state index contributed by atoms with van der Waals surface area (Å²) in [5, 5.41) is 17.7. The summed E-state index contributed by atoms with van der Waals surface area (Å²) in [6.07, 6.45) is 0. The maximum atomic E-state index is 11.3. The van der Waals surface area contributed by atoms with Crippen LogP contribution in [0.15, 0.2) is 6.07 Å². The number of aryl methyl sites for hydroxylation is 1. The van der Waals surface area contributed by atoms with Crippen molar-refractivity contribution < 1.29 is 9.90 Å². The predicted octanol–water partition coefficient (Wildman–Crippen LogP) is -0.171. The third-order valence-electron chi connectivity index (χ3n) is 1.59. The zero-order valence-corrected chi connectivity index (χ0v) is 7.66. The number of carbonyl (C=O) groups is 1. The molecular formula is C8H13N3O2. The molecule has 5 heteroatoms. The number of aliphatic hydroxyl groups is 1. The van der Waals surface area contributed by atoms with E-state index in [9.17, 15) is 4.79 Å². The third kappa shape index (κ3) is 2.55. The van der Waals surface area contributed by atoms with Gasteiger partial charge in [0.25, 0.3) is 5.91 Å². The van der Waals surface area contributed by atoms with Crippen molar-refractivity contribution in [3.8, 4) is 0 Å². The molecule has 13 heavy (non-hydrogen) atoms. The van der Waals surface area contributed by atoms with E-state index in [1.54, 1.807) is 13.0 Å². The number of H-pyrrole nitrogens is 1. The number of rotatable bonds is 3. The molecule has 0 aliphatic rings. The van der Waals surface area contributed by atoms with Gasteiger partial charge in [0.05, 0.1) is 6.61 Å². The number of hydrogen-bond acceptors (Lipinski definition) is 3. The van der Waals surface area contributed by atoms with Crippen LogP contribution in [-0.2, 0) is 0 Å². The van der Waals surface area contributed by atoms with Crippen LogP contribution >= 0.6 is 0 Å². The number of nitrogens with zero attached hydrogens (tertiary/aromatic N) is 1. The van der Waals surface area contributed by atoms with Crippen molar-refractivity contribution in [3.05, 3.63) is 17.5 Å². The molecule has 1 aromatic heterocycles. The van der Waals surface area contributed by atoms with Gasteiger partial charge in [-0.1, -0.05) is 0 Å². The number of carbonyl (C=O) groups excluding carboxylic acids is 1. The number of nitrogens with one attached hydrogen (secondary N) is 2. The van der Waals surface area contributed by atoms with Gasteiger partial charge < -0.3 is 10.4 Å². The molecule has 3 N–H and O–H groups in total. The molecule has 1 heterocycles. The topological polar surface area (TPSA) is 78.0 Å². The Bertz CT molecular complexity index is 295. The minimum atomic E-state index is -0.272. The van der Waals surface area contributed by atoms with E-state index in [2.05, 4.69) is 15.5 Å². The lowest BCUT2D eigenvalue weighted by atomic mass is 10.3. The Morgan fingerprint density at radius 3 is 3.00 bits per heavy atom. The van der Waals surface area contributed by atoms with Crippen molar-refractivity contribution in [2.75, 3.05) is 6.61 Å². The fraction of sp³-hybridized carbons (Fsp3) is 0.500. The molecule has 0 aromatic carbocycles. The largest absolute Gasteiger partial charge is 0.394 e. The number of amides is 1. The van der Waals surface area contributed by atoms with Crippen molar-refractivity contribution in [2.45, 2.75) is 19.9 Å². The Morgan fingerprint density at radius 2 is 2.54 bits per heavy atom. The quantitative estimate of drug-likeness (QED) is 0.608. The highest BCUT2D eigenvalue weighted by atomic mass is 16.3. The van der Waals surface area contributed by atoms with Gasteiger partial charge in [-0.05, 0) is 19.9 Å². The smallest absolute Gasteiger partial charge is 0.272 e. The van der Waals surface area contributed by atoms with Gasteiger partial charge in [-0.25, -0.2) is 0 Å². The van der Waals surface area contributed by atoms with Gasteiger partial charge in [-0.2, -0.15) is 5.10 Å². The second-order valence-corrected chi connectivity index (χ2v) is 2.99. The van der Waals surface area contributed by atoms with Gasteiger partial charge in [0.1, 0.15) is 5.69 Å². The van der Waals surface area contributed by atoms with Crippen molar-refractivity contribution in [1.82, 2.24) is 15.5 Å². The van der Waals surface area contributed by atoms with Crippen LogP contribution in [0.3, 0.4) is 0 Å². The summed E-state index contributed by atoms with van der Waals surface area (Å²) in [6.45, 7) is 3.46. The summed E-state index contributed by atoms with van der Waals surface area (Å²) in [7, 11) is 0. The maximum absolute atomic E-state index is 11.3. The van der Waals surface area contributed by atoms with E-state index in [0.29, 0.717) is 5.69 Å². The van der Waals surface area contributed by atoms with Crippen LogP contribution < -0.4 is 5.32 Å². The average Bonchev–Trinajstić information content (AvgIpc) is 2.51. The summed E-state index contributed by atoms with van der Waals surface area (Å²) >= 11 is 0. The van der Waals surface area contributed by atoms with E-state index in [-0.39, 0.29) is 18.6 Å². The summed E-state index contributed by atoms with van der Waals surface area (Å²) in [5.41, 5.74) is 1.18. The Kier molecular flexibility index (Phi) is 3.02. The Hall–Kier alpha value is -1.36. The first-order valence-corrected chi connectivity index (χ1v) is 4.07. The molecule has 0 saturated heterocycles. The van der Waals surface area contributed by atoms with E-state index < -0.39 is 0 Å². The van der Waals surface area contributed by atoms with Crippen molar-refractivity contribution >= 4 is 5.91 Å². The lowest BCUT2D eigenvalue weighted by molar-refractivity contribution is 0.0917. The maximum Gasteiger partial charge on any atom is 0.272 e. The number of aromatic nitrogens is 2. The SMILES string of the molecule is Cc1cc(C(=O)NC(C)CO)n[nH]1. The Labute approximate surface area is 76.2 Å². The molecule has 0 bridgehead atoms. The highest BCUT2D eigenvalue weighted by Gasteiger charge is 2.11. The van der Waals surface area contributed by atoms with Crippen molar-refractivity contribution in [3.63, 3.8) is 0 Å². The molecule has 0 aliphatic carbocycles. The Morgan fingerprint density at radius 1 is 1.85 bits per heavy atom. The third-order valence-corrected chi connectivity index (χ3v) is 1.59. The molecule has 0 spiro atoms. The second-order valence-electron chi connectivity index (χ2n) is 2.99. The summed E-state index contributed by atoms with van der Waals surface area (Å²) in [5.74, 6) is -0.272. The lowest BCUT2D eigenvalue weighted by Crippen LogP contribution is -2.35. The van der Waals surface area contributed by atoms with E-state index in [1.807, 2.05) is 6.92 Å². The fourth-order valence-electron chi connectivity index (χ4n) is 0.878. The standard InChI is InChI=1S/C8H13N3O2/c1-5-3-7(11-10-5)8(13)9-6(2)4-12/h3,6,12H,4H2,1-2H3,(H,9,13)(H,10,11). The van der Waals surface area contributed by atoms with Crippen LogP contribution in [0.5, 0.6) is 0 Å². The summed E-state index contributed by atoms with van der Waals surface area (Å²) in [4.78, 5) is 11.3. The van der Waals surface area contributed by atoms with Crippen molar-refractivity contribution in [1.29, 1.82) is 0 Å². The fourth-order valence-corrected chi connectivity index (χ4v) is 0.878. The number of hydrogen-bond donors (Lipinski definition) is 3. The van der Waals surface area contributed by atoms with Gasteiger partial charge in [0.15, 0.2) is 0 Å². The van der Waals surface area contributed by atoms with Crippen LogP contribution in [0.25, 0.3) is 0 Å². The van der Waals surface area contributed by atoms with Crippen LogP contribution in [0.1, 0.15) is 23.1 Å². The number of aromatic amines is 1. The highest BCUT2D eigenvalue weighted by Crippen LogP contribution is 1.97. The van der Waals surface area contributed by atoms with Gasteiger partial charge in [-0.15, -0.1) is 0 Å². The van der Waals surface area contributed by atoms with E-state index in [4.69, 9.17) is 5.11 Å². The second kappa shape index (κ2) is 4.04. The van der Waals surface area contributed by atoms with Crippen LogP contribution in [-0.4, -0.2) is 33.9 Å². The van der Waals surface area contributed by atoms with Crippen LogP contribution in [0, 0.1) is 6.92 Å². The van der Waals surface area contributed by atoms with Gasteiger partial charge in [0.2, 0.25) is 0 Å². The molecule has 5 nitrogen and oxygen atoms in total. The summed E-state index contributed by atoms with van der Waals surface area (Å²) in [6, 6.07) is 1.41. The monoisotopic (exact) mass is 183 g/mol. The molecule has 0 saturated carbocycles. The minimum Gasteiger partial charge on any atom is -0.394 e. The molecule has 72 valence electrons. The van der Waals surface area contributed by atoms with Gasteiger partial charge >= 0.3 is 0 Å². The number of aliphatic hydroxyl groups excluding tert-OH is 1. The minimum absolute atomic E-state index is 0.0743. The molecule has 0 radical (unpaired) electrons. The molecule has 1 unspecified atom stereocenters. The molecular weight excluding hydrogens is 170 g/mol. The van der Waals surface area contributed by atoms with Gasteiger partial charge in [-0.3, -0.25) is 9.89 Å². The molecule has 1 amide bonds. The van der Waals surface area contributed by atoms with Crippen LogP contribution in [0.2, 0.25) is 0 Å². The van der Waals surface area contributed by atoms with Crippen molar-refractivity contribution in [2.24, 2.45) is 0 Å². The first kappa shape index (κ1) is 9.73. The molecule has 1 atom stereocenters. The average molecular weight is 183 g/mol. The predicted molar refractivity (Wildman–Crippen MR) is 47.3 cm³/mol. The zero-order chi connectivity index (χ0) is 9.84. The first-order chi connectivity index (χ1) is 6.13. The van der Waals surface area contributed by atoms with Crippen LogP contribution in [0.4, 0.5) is 0 Å². The van der Waals surface area contributed by atoms with E-state index in [1.165, 1.54) is 0 Å².